The van der Waals surface area contributed by atoms with E-state index in [1.807, 2.05) is 11.6 Å². The molecule has 0 N–H and O–H groups in total. The van der Waals surface area contributed by atoms with E-state index in [9.17, 15) is 9.59 Å². The molecule has 0 aliphatic heterocycles. The molecular formula is C11H10O2Se. The first-order chi connectivity index (χ1) is 6.63. The summed E-state index contributed by atoms with van der Waals surface area (Å²) in [6.45, 7) is 0. The Labute approximate surface area is 84.9 Å². The van der Waals surface area contributed by atoms with E-state index in [0.717, 1.165) is 0 Å². The van der Waals surface area contributed by atoms with Crippen LogP contribution in [0.1, 0.15) is 0 Å². The van der Waals surface area contributed by atoms with E-state index in [4.69, 9.17) is 0 Å². The molecule has 3 heteroatoms. The first-order valence-corrected chi connectivity index (χ1v) is 8.54. The fourth-order valence-electron chi connectivity index (χ4n) is 1.60. The summed E-state index contributed by atoms with van der Waals surface area (Å²) in [7, 11) is 0. The van der Waals surface area contributed by atoms with E-state index >= 15 is 0 Å². The van der Waals surface area contributed by atoms with Crippen LogP contribution in [-0.4, -0.2) is 13.5 Å². The standard InChI is InChI=1S/C11H10O2Se/c1-14(2)11-9(12)7-5-3-4-6-8(7)10(11)13/h3-6H,1-2H3. The molecule has 0 aliphatic rings. The molecule has 0 aliphatic carbocycles. The van der Waals surface area contributed by atoms with Crippen molar-refractivity contribution >= 4 is 24.2 Å². The van der Waals surface area contributed by atoms with Crippen LogP contribution in [0.2, 0.25) is 11.6 Å². The summed E-state index contributed by atoms with van der Waals surface area (Å²) < 4.78 is 0.547. The van der Waals surface area contributed by atoms with Gasteiger partial charge in [-0.05, 0) is 0 Å². The van der Waals surface area contributed by atoms with Gasteiger partial charge in [0.25, 0.3) is 0 Å². The Bertz CT molecular complexity index is 592. The number of rotatable bonds is 0. The molecule has 0 saturated carbocycles. The molecule has 2 rings (SSSR count). The summed E-state index contributed by atoms with van der Waals surface area (Å²) in [5, 5.41) is 1.18. The molecule has 0 spiro atoms. The summed E-state index contributed by atoms with van der Waals surface area (Å²) in [6, 6.07) is 7.06. The van der Waals surface area contributed by atoms with Crippen molar-refractivity contribution in [3.8, 4) is 0 Å². The van der Waals surface area contributed by atoms with E-state index in [1.165, 1.54) is 0 Å². The maximum absolute atomic E-state index is 11.8. The van der Waals surface area contributed by atoms with Crippen LogP contribution >= 0.6 is 0 Å². The van der Waals surface area contributed by atoms with Crippen molar-refractivity contribution in [1.29, 1.82) is 0 Å². The number of hydrogen-bond donors (Lipinski definition) is 0. The molecule has 14 heavy (non-hydrogen) atoms. The predicted octanol–water partition coefficient (Wildman–Crippen LogP) is 1.30. The van der Waals surface area contributed by atoms with Crippen LogP contribution in [0.25, 0.3) is 10.8 Å². The molecule has 72 valence electrons. The Kier molecular flexibility index (Phi) is 2.22. The molecule has 2 nitrogen and oxygen atoms in total. The first-order valence-electron chi connectivity index (χ1n) is 4.26. The fraction of sp³-hybridized carbons (Fsp3) is 0.182. The van der Waals surface area contributed by atoms with Gasteiger partial charge in [0.1, 0.15) is 0 Å². The van der Waals surface area contributed by atoms with Crippen molar-refractivity contribution in [2.75, 3.05) is 0 Å². The van der Waals surface area contributed by atoms with Crippen LogP contribution in [0.3, 0.4) is 0 Å². The maximum atomic E-state index is 11.8. The van der Waals surface area contributed by atoms with Crippen LogP contribution in [0.5, 0.6) is 0 Å². The normalized spacial score (nSPS) is 11.4. The molecule has 0 amide bonds. The van der Waals surface area contributed by atoms with E-state index in [-0.39, 0.29) is 10.9 Å². The van der Waals surface area contributed by atoms with Gasteiger partial charge in [-0.25, -0.2) is 0 Å². The van der Waals surface area contributed by atoms with Crippen molar-refractivity contribution in [3.63, 3.8) is 0 Å². The van der Waals surface area contributed by atoms with Gasteiger partial charge in [-0.15, -0.1) is 0 Å². The van der Waals surface area contributed by atoms with Crippen LogP contribution in [-0.2, 0) is 0 Å². The van der Waals surface area contributed by atoms with Gasteiger partial charge in [-0.1, -0.05) is 0 Å². The Morgan fingerprint density at radius 1 is 0.929 bits per heavy atom. The fourth-order valence-corrected chi connectivity index (χ4v) is 3.61. The molecule has 0 aromatic heterocycles. The van der Waals surface area contributed by atoms with Gasteiger partial charge in [0, 0.05) is 0 Å². The van der Waals surface area contributed by atoms with Crippen LogP contribution < -0.4 is 10.9 Å². The summed E-state index contributed by atoms with van der Waals surface area (Å²) >= 11 is -1.18. The van der Waals surface area contributed by atoms with Crippen LogP contribution in [0.15, 0.2) is 33.9 Å². The first kappa shape index (κ1) is 9.50. The Hall–Kier alpha value is -1.05. The zero-order chi connectivity index (χ0) is 10.3. The second-order valence-electron chi connectivity index (χ2n) is 3.35. The van der Waals surface area contributed by atoms with Crippen LogP contribution in [0, 0.1) is 4.06 Å². The monoisotopic (exact) mass is 254 g/mol. The Morgan fingerprint density at radius 3 is 1.71 bits per heavy atom. The summed E-state index contributed by atoms with van der Waals surface area (Å²) in [4.78, 5) is 23.6. The third-order valence-corrected chi connectivity index (χ3v) is 4.73. The summed E-state index contributed by atoms with van der Waals surface area (Å²) in [5.74, 6) is 3.99. The molecule has 0 saturated heterocycles. The van der Waals surface area contributed by atoms with Gasteiger partial charge in [-0.2, -0.15) is 0 Å². The molecule has 2 aromatic rings. The van der Waals surface area contributed by atoms with E-state index < -0.39 is 13.5 Å². The number of fused-ring (bicyclic) bond motifs is 1. The Balaban J connectivity index is 3.27. The SMILES string of the molecule is C[Se](C)=c1c(=O)c2ccccc2c1=O. The van der Waals surface area contributed by atoms with Gasteiger partial charge in [0.2, 0.25) is 0 Å². The quantitative estimate of drug-likeness (QED) is 0.663. The van der Waals surface area contributed by atoms with Gasteiger partial charge in [0.15, 0.2) is 0 Å². The summed E-state index contributed by atoms with van der Waals surface area (Å²) in [6.07, 6.45) is 0. The molecule has 0 bridgehead atoms. The predicted molar refractivity (Wildman–Crippen MR) is 59.6 cm³/mol. The van der Waals surface area contributed by atoms with Crippen molar-refractivity contribution in [2.24, 2.45) is 0 Å². The Morgan fingerprint density at radius 2 is 1.36 bits per heavy atom. The second-order valence-corrected chi connectivity index (χ2v) is 7.63. The number of benzene rings is 1. The van der Waals surface area contributed by atoms with E-state index in [1.54, 1.807) is 24.3 Å². The van der Waals surface area contributed by atoms with Gasteiger partial charge >= 0.3 is 84.7 Å². The molecule has 0 unspecified atom stereocenters. The minimum absolute atomic E-state index is 0.0411. The molecule has 0 heterocycles. The van der Waals surface area contributed by atoms with E-state index in [2.05, 4.69) is 0 Å². The molecular weight excluding hydrogens is 243 g/mol. The van der Waals surface area contributed by atoms with Crippen molar-refractivity contribution in [1.82, 2.24) is 0 Å². The van der Waals surface area contributed by atoms with Crippen molar-refractivity contribution in [2.45, 2.75) is 11.6 Å². The summed E-state index contributed by atoms with van der Waals surface area (Å²) in [5.41, 5.74) is -0.0822. The zero-order valence-corrected chi connectivity index (χ0v) is 9.75. The van der Waals surface area contributed by atoms with E-state index in [0.29, 0.717) is 14.8 Å². The average molecular weight is 253 g/mol. The van der Waals surface area contributed by atoms with Gasteiger partial charge in [0.05, 0.1) is 0 Å². The van der Waals surface area contributed by atoms with Gasteiger partial charge < -0.3 is 0 Å². The van der Waals surface area contributed by atoms with Crippen LogP contribution in [0.4, 0.5) is 0 Å². The second kappa shape index (κ2) is 3.26. The zero-order valence-electron chi connectivity index (χ0n) is 8.03. The average Bonchev–Trinajstić information content (AvgIpc) is 2.41. The number of hydrogen-bond acceptors (Lipinski definition) is 2. The third-order valence-electron chi connectivity index (χ3n) is 2.24. The third kappa shape index (κ3) is 1.21. The molecule has 0 radical (unpaired) electrons. The molecule has 2 aromatic carbocycles. The van der Waals surface area contributed by atoms with Crippen molar-refractivity contribution in [3.05, 3.63) is 48.8 Å². The van der Waals surface area contributed by atoms with Crippen molar-refractivity contribution < 1.29 is 0 Å². The molecule has 0 fully saturated rings. The minimum atomic E-state index is -1.18. The molecule has 0 atom stereocenters. The topological polar surface area (TPSA) is 34.1 Å². The van der Waals surface area contributed by atoms with Gasteiger partial charge in [-0.3, -0.25) is 0 Å².